The molecule has 0 radical (unpaired) electrons. The van der Waals surface area contributed by atoms with Gasteiger partial charge in [0.2, 0.25) is 10.0 Å². The van der Waals surface area contributed by atoms with E-state index in [9.17, 15) is 8.42 Å². The summed E-state index contributed by atoms with van der Waals surface area (Å²) < 4.78 is 25.7. The first-order chi connectivity index (χ1) is 8.29. The number of halogens is 1. The van der Waals surface area contributed by atoms with E-state index in [1.165, 1.54) is 4.31 Å². The maximum absolute atomic E-state index is 12.5. The first-order valence-corrected chi connectivity index (χ1v) is 8.45. The Balaban J connectivity index is 2.98. The number of benzene rings is 1. The van der Waals surface area contributed by atoms with Crippen LogP contribution in [0.3, 0.4) is 0 Å². The van der Waals surface area contributed by atoms with E-state index in [0.717, 1.165) is 5.56 Å². The van der Waals surface area contributed by atoms with Crippen molar-refractivity contribution in [3.05, 3.63) is 35.9 Å². The van der Waals surface area contributed by atoms with Gasteiger partial charge in [-0.25, -0.2) is 8.42 Å². The van der Waals surface area contributed by atoms with Crippen molar-refractivity contribution in [1.82, 2.24) is 4.31 Å². The summed E-state index contributed by atoms with van der Waals surface area (Å²) in [4.78, 5) is 0. The molecule has 18 heavy (non-hydrogen) atoms. The van der Waals surface area contributed by atoms with Crippen LogP contribution in [0.4, 0.5) is 0 Å². The summed E-state index contributed by atoms with van der Waals surface area (Å²) in [7, 11) is -3.30. The van der Waals surface area contributed by atoms with Crippen LogP contribution in [-0.2, 0) is 16.6 Å². The first-order valence-electron chi connectivity index (χ1n) is 5.88. The Labute approximate surface area is 118 Å². The molecule has 0 heterocycles. The number of rotatable bonds is 5. The summed E-state index contributed by atoms with van der Waals surface area (Å²) in [5, 5.41) is 0.634. The highest BCUT2D eigenvalue weighted by molar-refractivity contribution is 9.09. The second kappa shape index (κ2) is 6.17. The van der Waals surface area contributed by atoms with Gasteiger partial charge in [0.25, 0.3) is 0 Å². The van der Waals surface area contributed by atoms with Gasteiger partial charge in [0.05, 0.1) is 4.75 Å². The largest absolute Gasteiger partial charge is 0.219 e. The number of sulfonamides is 1. The van der Waals surface area contributed by atoms with Gasteiger partial charge in [-0.2, -0.15) is 4.31 Å². The molecule has 0 unspecified atom stereocenters. The van der Waals surface area contributed by atoms with E-state index in [2.05, 4.69) is 15.9 Å². The van der Waals surface area contributed by atoms with Crippen LogP contribution in [-0.4, -0.2) is 29.3 Å². The van der Waals surface area contributed by atoms with Gasteiger partial charge in [0.15, 0.2) is 0 Å². The summed E-state index contributed by atoms with van der Waals surface area (Å²) in [5.41, 5.74) is 1.01. The normalized spacial score (nSPS) is 12.9. The van der Waals surface area contributed by atoms with E-state index < -0.39 is 14.8 Å². The topological polar surface area (TPSA) is 37.4 Å². The molecule has 0 aliphatic heterocycles. The van der Waals surface area contributed by atoms with Crippen LogP contribution in [0, 0.1) is 0 Å². The molecule has 102 valence electrons. The van der Waals surface area contributed by atoms with Crippen molar-refractivity contribution in [3.63, 3.8) is 0 Å². The minimum Gasteiger partial charge on any atom is -0.212 e. The molecule has 1 aromatic rings. The summed E-state index contributed by atoms with van der Waals surface area (Å²) in [6.07, 6.45) is 0. The Kier molecular flexibility index (Phi) is 5.37. The molecule has 0 spiro atoms. The van der Waals surface area contributed by atoms with Gasteiger partial charge in [-0.05, 0) is 26.3 Å². The lowest BCUT2D eigenvalue weighted by Crippen LogP contribution is -2.43. The SMILES string of the molecule is CC(C)(C)S(=O)(=O)N(CCBr)Cc1ccccc1. The third-order valence-corrected chi connectivity index (χ3v) is 5.54. The second-order valence-corrected chi connectivity index (χ2v) is 8.61. The number of hydrogen-bond acceptors (Lipinski definition) is 2. The lowest BCUT2D eigenvalue weighted by Gasteiger charge is -2.29. The summed E-state index contributed by atoms with van der Waals surface area (Å²) >= 11 is 3.32. The number of hydrogen-bond donors (Lipinski definition) is 0. The lowest BCUT2D eigenvalue weighted by molar-refractivity contribution is 0.407. The molecule has 5 heteroatoms. The second-order valence-electron chi connectivity index (χ2n) is 5.13. The van der Waals surface area contributed by atoms with Gasteiger partial charge in [-0.15, -0.1) is 0 Å². The van der Waals surface area contributed by atoms with E-state index in [0.29, 0.717) is 18.4 Å². The highest BCUT2D eigenvalue weighted by Gasteiger charge is 2.34. The van der Waals surface area contributed by atoms with Crippen LogP contribution < -0.4 is 0 Å². The average Bonchev–Trinajstić information content (AvgIpc) is 2.28. The van der Waals surface area contributed by atoms with E-state index in [4.69, 9.17) is 0 Å². The standard InChI is InChI=1S/C13H20BrNO2S/c1-13(2,3)18(16,17)15(10-9-14)11-12-7-5-4-6-8-12/h4-8H,9-11H2,1-3H3. The summed E-state index contributed by atoms with van der Waals surface area (Å²) in [5.74, 6) is 0. The minimum atomic E-state index is -3.30. The zero-order valence-corrected chi connectivity index (χ0v) is 13.5. The minimum absolute atomic E-state index is 0.423. The smallest absolute Gasteiger partial charge is 0.212 e. The molecule has 0 saturated carbocycles. The molecule has 0 aliphatic rings. The molecule has 0 bridgehead atoms. The predicted octanol–water partition coefficient (Wildman–Crippen LogP) is 3.01. The zero-order valence-electron chi connectivity index (χ0n) is 11.1. The monoisotopic (exact) mass is 333 g/mol. The Bertz CT molecular complexity index is 466. The lowest BCUT2D eigenvalue weighted by atomic mass is 10.2. The Hall–Kier alpha value is -0.390. The first kappa shape index (κ1) is 15.7. The van der Waals surface area contributed by atoms with Gasteiger partial charge in [0, 0.05) is 18.4 Å². The molecule has 0 saturated heterocycles. The highest BCUT2D eigenvalue weighted by Crippen LogP contribution is 2.22. The molecule has 0 amide bonds. The van der Waals surface area contributed by atoms with Crippen molar-refractivity contribution in [2.24, 2.45) is 0 Å². The fourth-order valence-electron chi connectivity index (χ4n) is 1.55. The Morgan fingerprint density at radius 1 is 1.17 bits per heavy atom. The van der Waals surface area contributed by atoms with Crippen molar-refractivity contribution in [2.75, 3.05) is 11.9 Å². The zero-order chi connectivity index (χ0) is 13.8. The molecule has 0 aromatic heterocycles. The van der Waals surface area contributed by atoms with Crippen molar-refractivity contribution < 1.29 is 8.42 Å². The third-order valence-electron chi connectivity index (χ3n) is 2.65. The van der Waals surface area contributed by atoms with Crippen LogP contribution in [0.2, 0.25) is 0 Å². The number of alkyl halides is 1. The van der Waals surface area contributed by atoms with E-state index in [1.807, 2.05) is 30.3 Å². The van der Waals surface area contributed by atoms with Crippen LogP contribution >= 0.6 is 15.9 Å². The quantitative estimate of drug-likeness (QED) is 0.776. The van der Waals surface area contributed by atoms with Crippen LogP contribution in [0.25, 0.3) is 0 Å². The van der Waals surface area contributed by atoms with Gasteiger partial charge in [-0.3, -0.25) is 0 Å². The molecular weight excluding hydrogens is 314 g/mol. The van der Waals surface area contributed by atoms with E-state index >= 15 is 0 Å². The number of nitrogens with zero attached hydrogens (tertiary/aromatic N) is 1. The summed E-state index contributed by atoms with van der Waals surface area (Å²) in [6, 6.07) is 9.66. The van der Waals surface area contributed by atoms with E-state index in [-0.39, 0.29) is 0 Å². The molecule has 1 rings (SSSR count). The van der Waals surface area contributed by atoms with Crippen molar-refractivity contribution in [3.8, 4) is 0 Å². The van der Waals surface area contributed by atoms with Gasteiger partial charge >= 0.3 is 0 Å². The molecule has 0 aliphatic carbocycles. The van der Waals surface area contributed by atoms with Crippen molar-refractivity contribution in [2.45, 2.75) is 32.1 Å². The molecule has 3 nitrogen and oxygen atoms in total. The fourth-order valence-corrected chi connectivity index (χ4v) is 3.64. The highest BCUT2D eigenvalue weighted by atomic mass is 79.9. The summed E-state index contributed by atoms with van der Waals surface area (Å²) in [6.45, 7) is 6.10. The molecular formula is C13H20BrNO2S. The van der Waals surface area contributed by atoms with Crippen LogP contribution in [0.15, 0.2) is 30.3 Å². The predicted molar refractivity (Wildman–Crippen MR) is 79.3 cm³/mol. The Morgan fingerprint density at radius 2 is 1.72 bits per heavy atom. The van der Waals surface area contributed by atoms with E-state index in [1.54, 1.807) is 20.8 Å². The van der Waals surface area contributed by atoms with Crippen molar-refractivity contribution >= 4 is 26.0 Å². The maximum Gasteiger partial charge on any atom is 0.219 e. The maximum atomic E-state index is 12.5. The van der Waals surface area contributed by atoms with Crippen LogP contribution in [0.5, 0.6) is 0 Å². The fraction of sp³-hybridized carbons (Fsp3) is 0.538. The average molecular weight is 334 g/mol. The molecule has 0 fully saturated rings. The van der Waals surface area contributed by atoms with Gasteiger partial charge in [-0.1, -0.05) is 46.3 Å². The molecule has 1 aromatic carbocycles. The van der Waals surface area contributed by atoms with Crippen molar-refractivity contribution in [1.29, 1.82) is 0 Å². The molecule has 0 atom stereocenters. The third kappa shape index (κ3) is 3.80. The van der Waals surface area contributed by atoms with Crippen LogP contribution in [0.1, 0.15) is 26.3 Å². The van der Waals surface area contributed by atoms with Gasteiger partial charge < -0.3 is 0 Å². The molecule has 0 N–H and O–H groups in total. The Morgan fingerprint density at radius 3 is 2.17 bits per heavy atom. The van der Waals surface area contributed by atoms with Gasteiger partial charge in [0.1, 0.15) is 0 Å².